The van der Waals surface area contributed by atoms with Gasteiger partial charge in [0.1, 0.15) is 11.3 Å². The van der Waals surface area contributed by atoms with Gasteiger partial charge in [0.05, 0.1) is 24.5 Å². The second kappa shape index (κ2) is 7.58. The summed E-state index contributed by atoms with van der Waals surface area (Å²) in [5.41, 5.74) is 3.55. The van der Waals surface area contributed by atoms with Gasteiger partial charge in [0.25, 0.3) is 5.56 Å². The number of aromatic nitrogens is 5. The van der Waals surface area contributed by atoms with Crippen molar-refractivity contribution in [2.75, 3.05) is 32.8 Å². The Labute approximate surface area is 171 Å². The van der Waals surface area contributed by atoms with E-state index >= 15 is 0 Å². The molecule has 0 amide bonds. The monoisotopic (exact) mass is 408 g/mol. The normalized spacial score (nSPS) is 15.3. The summed E-state index contributed by atoms with van der Waals surface area (Å²) in [5.74, 6) is -0.304. The van der Waals surface area contributed by atoms with Gasteiger partial charge in [-0.3, -0.25) is 9.69 Å². The molecule has 8 nitrogen and oxygen atoms in total. The van der Waals surface area contributed by atoms with Crippen molar-refractivity contribution in [3.63, 3.8) is 0 Å². The third kappa shape index (κ3) is 3.25. The van der Waals surface area contributed by atoms with E-state index in [9.17, 15) is 9.18 Å². The van der Waals surface area contributed by atoms with Crippen molar-refractivity contribution < 1.29 is 9.13 Å². The Morgan fingerprint density at radius 3 is 2.60 bits per heavy atom. The van der Waals surface area contributed by atoms with Crippen LogP contribution >= 0.6 is 0 Å². The summed E-state index contributed by atoms with van der Waals surface area (Å²) in [4.78, 5) is 15.3. The van der Waals surface area contributed by atoms with E-state index < -0.39 is 0 Å². The van der Waals surface area contributed by atoms with Crippen molar-refractivity contribution in [3.05, 3.63) is 58.4 Å². The van der Waals surface area contributed by atoms with Gasteiger partial charge in [-0.1, -0.05) is 12.1 Å². The number of rotatable bonds is 4. The topological polar surface area (TPSA) is 77.5 Å². The number of fused-ring (bicyclic) bond motifs is 3. The highest BCUT2D eigenvalue weighted by Gasteiger charge is 2.18. The maximum absolute atomic E-state index is 13.3. The van der Waals surface area contributed by atoms with E-state index in [0.717, 1.165) is 49.7 Å². The second-order valence-electron chi connectivity index (χ2n) is 7.40. The summed E-state index contributed by atoms with van der Waals surface area (Å²) < 4.78 is 22.0. The van der Waals surface area contributed by atoms with E-state index in [1.165, 1.54) is 12.1 Å². The SMILES string of the molecule is Cc1nn2c(nnc3c(=O)n(CCN4CCOCC4)ccc32)c1-c1ccc(F)cc1. The molecule has 0 spiro atoms. The third-order valence-electron chi connectivity index (χ3n) is 5.52. The Morgan fingerprint density at radius 1 is 1.07 bits per heavy atom. The van der Waals surface area contributed by atoms with Gasteiger partial charge in [0.2, 0.25) is 0 Å². The summed E-state index contributed by atoms with van der Waals surface area (Å²) >= 11 is 0. The molecule has 1 aromatic carbocycles. The molecule has 5 rings (SSSR count). The van der Waals surface area contributed by atoms with Gasteiger partial charge < -0.3 is 9.30 Å². The van der Waals surface area contributed by atoms with Gasteiger partial charge in [-0.25, -0.2) is 8.91 Å². The fraction of sp³-hybridized carbons (Fsp3) is 0.333. The number of nitrogens with zero attached hydrogens (tertiary/aromatic N) is 6. The van der Waals surface area contributed by atoms with Crippen LogP contribution < -0.4 is 5.56 Å². The van der Waals surface area contributed by atoms with Crippen LogP contribution in [-0.4, -0.2) is 62.1 Å². The molecule has 9 heteroatoms. The van der Waals surface area contributed by atoms with Crippen LogP contribution in [0.15, 0.2) is 41.3 Å². The molecule has 4 heterocycles. The molecular formula is C21H21FN6O2. The van der Waals surface area contributed by atoms with Crippen molar-refractivity contribution in [1.29, 1.82) is 0 Å². The van der Waals surface area contributed by atoms with Crippen molar-refractivity contribution in [2.45, 2.75) is 13.5 Å². The number of ether oxygens (including phenoxy) is 1. The smallest absolute Gasteiger partial charge is 0.280 e. The Bertz CT molecular complexity index is 1270. The minimum absolute atomic E-state index is 0.188. The Morgan fingerprint density at radius 2 is 1.83 bits per heavy atom. The highest BCUT2D eigenvalue weighted by Crippen LogP contribution is 2.28. The van der Waals surface area contributed by atoms with Crippen LogP contribution in [0.2, 0.25) is 0 Å². The minimum Gasteiger partial charge on any atom is -0.379 e. The van der Waals surface area contributed by atoms with E-state index in [-0.39, 0.29) is 16.9 Å². The number of pyridine rings is 1. The van der Waals surface area contributed by atoms with Crippen molar-refractivity contribution in [1.82, 2.24) is 29.3 Å². The number of aryl methyl sites for hydroxylation is 1. The quantitative estimate of drug-likeness (QED) is 0.513. The molecule has 0 aliphatic carbocycles. The molecule has 0 atom stereocenters. The Hall–Kier alpha value is -3.17. The summed E-state index contributed by atoms with van der Waals surface area (Å²) in [5, 5.41) is 13.1. The van der Waals surface area contributed by atoms with E-state index in [1.54, 1.807) is 27.4 Å². The van der Waals surface area contributed by atoms with Crippen LogP contribution in [0.4, 0.5) is 4.39 Å². The van der Waals surface area contributed by atoms with Crippen LogP contribution in [0.3, 0.4) is 0 Å². The molecule has 1 saturated heterocycles. The number of hydrogen-bond acceptors (Lipinski definition) is 6. The third-order valence-corrected chi connectivity index (χ3v) is 5.52. The molecule has 0 N–H and O–H groups in total. The van der Waals surface area contributed by atoms with Crippen LogP contribution in [0.25, 0.3) is 27.8 Å². The fourth-order valence-electron chi connectivity index (χ4n) is 3.90. The van der Waals surface area contributed by atoms with Crippen LogP contribution in [0.1, 0.15) is 5.69 Å². The number of halogens is 1. The molecule has 3 aromatic heterocycles. The predicted octanol–water partition coefficient (Wildman–Crippen LogP) is 1.89. The van der Waals surface area contributed by atoms with Gasteiger partial charge in [0.15, 0.2) is 11.2 Å². The predicted molar refractivity (Wildman–Crippen MR) is 110 cm³/mol. The van der Waals surface area contributed by atoms with Crippen LogP contribution in [0, 0.1) is 12.7 Å². The van der Waals surface area contributed by atoms with E-state index in [4.69, 9.17) is 4.74 Å². The first-order chi connectivity index (χ1) is 14.6. The lowest BCUT2D eigenvalue weighted by Crippen LogP contribution is -2.39. The molecule has 0 bridgehead atoms. The molecule has 154 valence electrons. The molecular weight excluding hydrogens is 387 g/mol. The summed E-state index contributed by atoms with van der Waals surface area (Å²) in [6.45, 7) is 6.43. The van der Waals surface area contributed by atoms with Crippen molar-refractivity contribution in [3.8, 4) is 11.1 Å². The average Bonchev–Trinajstić information content (AvgIpc) is 3.11. The number of hydrogen-bond donors (Lipinski definition) is 0. The van der Waals surface area contributed by atoms with E-state index in [0.29, 0.717) is 17.7 Å². The first-order valence-electron chi connectivity index (χ1n) is 9.93. The van der Waals surface area contributed by atoms with Crippen LogP contribution in [0.5, 0.6) is 0 Å². The average molecular weight is 408 g/mol. The van der Waals surface area contributed by atoms with Crippen molar-refractivity contribution >= 4 is 16.7 Å². The van der Waals surface area contributed by atoms with Crippen molar-refractivity contribution in [2.24, 2.45) is 0 Å². The molecule has 1 fully saturated rings. The standard InChI is InChI=1S/C21H21FN6O2/c1-14-18(15-2-4-16(22)5-3-15)20-24-23-19-17(28(20)25-14)6-7-27(21(19)29)9-8-26-10-12-30-13-11-26/h2-7H,8-13H2,1H3. The second-order valence-corrected chi connectivity index (χ2v) is 7.40. The zero-order chi connectivity index (χ0) is 20.7. The molecule has 1 aliphatic heterocycles. The lowest BCUT2D eigenvalue weighted by Gasteiger charge is -2.26. The van der Waals surface area contributed by atoms with Gasteiger partial charge in [-0.2, -0.15) is 5.10 Å². The molecule has 0 saturated carbocycles. The van der Waals surface area contributed by atoms with Crippen LogP contribution in [-0.2, 0) is 11.3 Å². The first kappa shape index (κ1) is 18.8. The fourth-order valence-corrected chi connectivity index (χ4v) is 3.90. The van der Waals surface area contributed by atoms with E-state index in [1.807, 2.05) is 13.0 Å². The number of morpholine rings is 1. The maximum Gasteiger partial charge on any atom is 0.280 e. The van der Waals surface area contributed by atoms with E-state index in [2.05, 4.69) is 20.2 Å². The lowest BCUT2D eigenvalue weighted by atomic mass is 10.1. The zero-order valence-electron chi connectivity index (χ0n) is 16.6. The number of benzene rings is 1. The minimum atomic E-state index is -0.304. The summed E-state index contributed by atoms with van der Waals surface area (Å²) in [7, 11) is 0. The molecule has 1 aliphatic rings. The molecule has 30 heavy (non-hydrogen) atoms. The summed E-state index contributed by atoms with van der Waals surface area (Å²) in [6.07, 6.45) is 1.78. The molecule has 0 unspecified atom stereocenters. The zero-order valence-corrected chi connectivity index (χ0v) is 16.6. The first-order valence-corrected chi connectivity index (χ1v) is 9.93. The van der Waals surface area contributed by atoms with Gasteiger partial charge in [-0.15, -0.1) is 10.2 Å². The highest BCUT2D eigenvalue weighted by molar-refractivity contribution is 5.84. The van der Waals surface area contributed by atoms with Gasteiger partial charge in [-0.05, 0) is 30.7 Å². The Kier molecular flexibility index (Phi) is 4.76. The molecule has 4 aromatic rings. The lowest BCUT2D eigenvalue weighted by molar-refractivity contribution is 0.0363. The molecule has 0 radical (unpaired) electrons. The van der Waals surface area contributed by atoms with Gasteiger partial charge >= 0.3 is 0 Å². The summed E-state index contributed by atoms with van der Waals surface area (Å²) in [6, 6.07) is 8.03. The van der Waals surface area contributed by atoms with Gasteiger partial charge in [0, 0.05) is 32.4 Å². The maximum atomic E-state index is 13.3. The highest BCUT2D eigenvalue weighted by atomic mass is 19.1. The largest absolute Gasteiger partial charge is 0.379 e. The Balaban J connectivity index is 1.54.